The molecule has 10 nitrogen and oxygen atoms in total. The Balaban J connectivity index is 1.65. The highest BCUT2D eigenvalue weighted by Crippen LogP contribution is 2.57. The molecule has 5 rings (SSSR count). The van der Waals surface area contributed by atoms with Crippen molar-refractivity contribution in [3.8, 4) is 11.5 Å². The molecule has 4 atom stereocenters. The fourth-order valence-electron chi connectivity index (χ4n) is 7.89. The summed E-state index contributed by atoms with van der Waals surface area (Å²) in [6.45, 7) is 19.0. The van der Waals surface area contributed by atoms with Crippen LogP contribution in [0.1, 0.15) is 71.1 Å². The molecule has 0 unspecified atom stereocenters. The highest BCUT2D eigenvalue weighted by atomic mass is 35.5. The van der Waals surface area contributed by atoms with Crippen molar-refractivity contribution in [2.75, 3.05) is 20.8 Å². The van der Waals surface area contributed by atoms with Crippen LogP contribution in [0.4, 0.5) is 0 Å². The summed E-state index contributed by atoms with van der Waals surface area (Å²) in [7, 11) is -2.05. The van der Waals surface area contributed by atoms with E-state index in [1.807, 2.05) is 4.57 Å². The van der Waals surface area contributed by atoms with E-state index in [9.17, 15) is 4.79 Å². The minimum absolute atomic E-state index is 0.0865. The number of esters is 1. The van der Waals surface area contributed by atoms with Crippen molar-refractivity contribution in [1.29, 1.82) is 0 Å². The molecule has 14 heteroatoms. The number of carbonyl (C=O) groups excluding carboxylic acids is 1. The van der Waals surface area contributed by atoms with Gasteiger partial charge in [-0.3, -0.25) is 4.57 Å². The van der Waals surface area contributed by atoms with Crippen LogP contribution in [0.25, 0.3) is 11.2 Å². The highest BCUT2D eigenvalue weighted by molar-refractivity contribution is 8.00. The van der Waals surface area contributed by atoms with Crippen LogP contribution in [0.5, 0.6) is 11.5 Å². The molecule has 0 radical (unpaired) electrons. The minimum atomic E-state index is -2.66. The monoisotopic (exact) mass is 692 g/mol. The Morgan fingerprint density at radius 2 is 1.64 bits per heavy atom. The lowest BCUT2D eigenvalue weighted by Gasteiger charge is -2.54. The molecular formula is C31H45ClN4O6SSi2. The molecule has 45 heavy (non-hydrogen) atoms. The fraction of sp³-hybridized carbons (Fsp3) is 0.613. The van der Waals surface area contributed by atoms with Gasteiger partial charge >= 0.3 is 5.97 Å². The van der Waals surface area contributed by atoms with Crippen LogP contribution in [0, 0.1) is 0 Å². The number of carbonyl (C=O) groups is 1. The molecule has 2 aliphatic rings. The van der Waals surface area contributed by atoms with Gasteiger partial charge < -0.3 is 23.1 Å². The second-order valence-electron chi connectivity index (χ2n) is 13.1. The third kappa shape index (κ3) is 5.50. The van der Waals surface area contributed by atoms with Gasteiger partial charge in [0.05, 0.1) is 31.9 Å². The largest absolute Gasteiger partial charge is 0.497 e. The average molecular weight is 693 g/mol. The molecule has 3 aromatic rings. The number of imidazole rings is 1. The Morgan fingerprint density at radius 1 is 0.978 bits per heavy atom. The third-order valence-electron chi connectivity index (χ3n) is 9.60. The van der Waals surface area contributed by atoms with Crippen LogP contribution in [-0.4, -0.2) is 79.4 Å². The zero-order chi connectivity index (χ0) is 32.8. The molecule has 2 fully saturated rings. The summed E-state index contributed by atoms with van der Waals surface area (Å²) in [6.07, 6.45) is 2.03. The molecule has 0 bridgehead atoms. The molecule has 0 N–H and O–H groups in total. The minimum Gasteiger partial charge on any atom is -0.497 e. The first-order valence-electron chi connectivity index (χ1n) is 15.6. The first-order valence-corrected chi connectivity index (χ1v) is 22.0. The van der Waals surface area contributed by atoms with Crippen molar-refractivity contribution >= 4 is 56.2 Å². The van der Waals surface area contributed by atoms with E-state index in [4.69, 9.17) is 34.7 Å². The Bertz CT molecular complexity index is 1520. The van der Waals surface area contributed by atoms with Crippen LogP contribution in [0.3, 0.4) is 0 Å². The van der Waals surface area contributed by atoms with E-state index in [1.54, 1.807) is 43.4 Å². The molecule has 0 amide bonds. The fourth-order valence-corrected chi connectivity index (χ4v) is 31.6. The normalized spacial score (nSPS) is 24.3. The van der Waals surface area contributed by atoms with Gasteiger partial charge in [0.1, 0.15) is 34.3 Å². The Labute approximate surface area is 276 Å². The SMILES string of the molecule is COc1ccc(C(=O)O[C@@H]2[C@@H]3O[Si](C(C)C)(C(C)C)[Si](C(C)C)(C(C)C)OC[C@H]3S[C@H]2n2cnc3c(Cl)ncnc32)c(OC)c1. The summed E-state index contributed by atoms with van der Waals surface area (Å²) >= 11 is 8.08. The van der Waals surface area contributed by atoms with Gasteiger partial charge in [-0.2, -0.15) is 0 Å². The summed E-state index contributed by atoms with van der Waals surface area (Å²) in [6, 6.07) is 5.07. The third-order valence-corrected chi connectivity index (χ3v) is 32.2. The first-order chi connectivity index (χ1) is 21.3. The average Bonchev–Trinajstić information content (AvgIpc) is 3.52. The number of nitrogens with zero attached hydrogens (tertiary/aromatic N) is 4. The maximum absolute atomic E-state index is 14.1. The lowest BCUT2D eigenvalue weighted by atomic mass is 10.1. The molecule has 246 valence electrons. The molecule has 4 heterocycles. The summed E-state index contributed by atoms with van der Waals surface area (Å²) in [5, 5.41) is -0.217. The second kappa shape index (κ2) is 13.1. The van der Waals surface area contributed by atoms with Gasteiger partial charge in [0.2, 0.25) is 15.7 Å². The zero-order valence-corrected chi connectivity index (χ0v) is 31.3. The van der Waals surface area contributed by atoms with Gasteiger partial charge in [-0.25, -0.2) is 19.7 Å². The number of hydrogen-bond donors (Lipinski definition) is 0. The lowest BCUT2D eigenvalue weighted by Crippen LogP contribution is -2.73. The first kappa shape index (κ1) is 34.2. The van der Waals surface area contributed by atoms with Crippen LogP contribution in [-0.2, 0) is 13.6 Å². The van der Waals surface area contributed by atoms with Crippen molar-refractivity contribution in [2.24, 2.45) is 0 Å². The topological polar surface area (TPSA) is 107 Å². The maximum atomic E-state index is 14.1. The smallest absolute Gasteiger partial charge is 0.342 e. The van der Waals surface area contributed by atoms with Gasteiger partial charge in [-0.1, -0.05) is 67.0 Å². The van der Waals surface area contributed by atoms with Gasteiger partial charge in [-0.05, 0) is 34.3 Å². The number of benzene rings is 1. The van der Waals surface area contributed by atoms with E-state index in [0.717, 1.165) is 0 Å². The molecule has 0 aliphatic carbocycles. The molecule has 2 aromatic heterocycles. The molecule has 2 saturated heterocycles. The van der Waals surface area contributed by atoms with E-state index in [-0.39, 0.29) is 21.5 Å². The Kier molecular flexibility index (Phi) is 9.99. The molecule has 1 aromatic carbocycles. The molecule has 0 spiro atoms. The van der Waals surface area contributed by atoms with Crippen molar-refractivity contribution in [3.05, 3.63) is 41.6 Å². The van der Waals surface area contributed by atoms with Crippen LogP contribution in [0.2, 0.25) is 27.3 Å². The number of halogens is 1. The summed E-state index contributed by atoms with van der Waals surface area (Å²) in [4.78, 5) is 27.2. The van der Waals surface area contributed by atoms with Crippen LogP contribution >= 0.6 is 23.4 Å². The Hall–Kier alpha value is -2.17. The van der Waals surface area contributed by atoms with Gasteiger partial charge in [-0.15, -0.1) is 11.8 Å². The number of aromatic nitrogens is 4. The summed E-state index contributed by atoms with van der Waals surface area (Å²) < 4.78 is 34.5. The Morgan fingerprint density at radius 3 is 2.24 bits per heavy atom. The van der Waals surface area contributed by atoms with Crippen molar-refractivity contribution in [2.45, 2.75) is 100 Å². The number of ether oxygens (including phenoxy) is 3. The lowest BCUT2D eigenvalue weighted by molar-refractivity contribution is -0.0147. The van der Waals surface area contributed by atoms with E-state index >= 15 is 0 Å². The number of rotatable bonds is 9. The van der Waals surface area contributed by atoms with Crippen LogP contribution < -0.4 is 9.47 Å². The summed E-state index contributed by atoms with van der Waals surface area (Å²) in [5.41, 5.74) is 2.65. The zero-order valence-electron chi connectivity index (χ0n) is 27.7. The second-order valence-corrected chi connectivity index (χ2v) is 27.8. The van der Waals surface area contributed by atoms with Crippen molar-refractivity contribution in [3.63, 3.8) is 0 Å². The van der Waals surface area contributed by atoms with Gasteiger partial charge in [0.15, 0.2) is 16.9 Å². The van der Waals surface area contributed by atoms with Crippen molar-refractivity contribution in [1.82, 2.24) is 19.5 Å². The van der Waals surface area contributed by atoms with Gasteiger partial charge in [0.25, 0.3) is 0 Å². The number of hydrogen-bond acceptors (Lipinski definition) is 10. The predicted molar refractivity (Wildman–Crippen MR) is 182 cm³/mol. The van der Waals surface area contributed by atoms with Gasteiger partial charge in [0, 0.05) is 12.7 Å². The van der Waals surface area contributed by atoms with E-state index in [0.29, 0.717) is 45.9 Å². The van der Waals surface area contributed by atoms with E-state index in [2.05, 4.69) is 70.3 Å². The number of fused-ring (bicyclic) bond motifs is 2. The van der Waals surface area contributed by atoms with E-state index < -0.39 is 39.2 Å². The van der Waals surface area contributed by atoms with Crippen LogP contribution in [0.15, 0.2) is 30.9 Å². The highest BCUT2D eigenvalue weighted by Gasteiger charge is 2.69. The molecular weight excluding hydrogens is 648 g/mol. The number of methoxy groups -OCH3 is 2. The molecule has 2 aliphatic heterocycles. The predicted octanol–water partition coefficient (Wildman–Crippen LogP) is 7.36. The number of thioether (sulfide) groups is 1. The van der Waals surface area contributed by atoms with Crippen molar-refractivity contribution < 1.29 is 27.9 Å². The maximum Gasteiger partial charge on any atom is 0.342 e. The standard InChI is InChI=1S/C31H45ClN4O6SSi2/c1-17(2)44(18(3)4)40-14-24-26(42-45(44,19(5)6)20(7)8)27(41-31(37)22-12-11-21(38-9)13-23(22)39-10)30(43-24)36-16-35-25-28(32)33-15-34-29(25)36/h11-13,15-20,24,26-27,30H,14H2,1-10H3/t24-,26-,27-,30-/m1/s1. The van der Waals surface area contributed by atoms with E-state index in [1.165, 1.54) is 13.4 Å². The quantitative estimate of drug-likeness (QED) is 0.128. The summed E-state index contributed by atoms with van der Waals surface area (Å²) in [5.74, 6) is 0.445. The molecule has 0 saturated carbocycles.